The lowest BCUT2D eigenvalue weighted by atomic mass is 9.82. The van der Waals surface area contributed by atoms with E-state index in [9.17, 15) is 0 Å². The Labute approximate surface area is 91.4 Å². The van der Waals surface area contributed by atoms with Gasteiger partial charge in [0.25, 0.3) is 0 Å². The number of hydrogen-bond acceptors (Lipinski definition) is 2. The van der Waals surface area contributed by atoms with Crippen LogP contribution >= 0.6 is 0 Å². The molecule has 1 aromatic carbocycles. The summed E-state index contributed by atoms with van der Waals surface area (Å²) in [4.78, 5) is 0. The van der Waals surface area contributed by atoms with Gasteiger partial charge in [0.1, 0.15) is 5.75 Å². The molecule has 15 heavy (non-hydrogen) atoms. The third kappa shape index (κ3) is 1.86. The first kappa shape index (κ1) is 10.5. The highest BCUT2D eigenvalue weighted by Crippen LogP contribution is 2.39. The molecule has 1 unspecified atom stereocenters. The fourth-order valence-corrected chi connectivity index (χ4v) is 1.95. The predicted octanol–water partition coefficient (Wildman–Crippen LogP) is 2.67. The quantitative estimate of drug-likeness (QED) is 0.765. The topological polar surface area (TPSA) is 35.2 Å². The SMILES string of the molecule is CC(C)(C)C(N)c1cccc2c1OCC2. The summed E-state index contributed by atoms with van der Waals surface area (Å²) in [6, 6.07) is 6.32. The number of benzene rings is 1. The smallest absolute Gasteiger partial charge is 0.127 e. The number of rotatable bonds is 1. The third-order valence-corrected chi connectivity index (χ3v) is 3.01. The van der Waals surface area contributed by atoms with E-state index < -0.39 is 0 Å². The lowest BCUT2D eigenvalue weighted by Gasteiger charge is -2.28. The third-order valence-electron chi connectivity index (χ3n) is 3.01. The molecule has 2 N–H and O–H groups in total. The number of para-hydroxylation sites is 1. The molecular formula is C13H19NO. The minimum atomic E-state index is 0.0329. The summed E-state index contributed by atoms with van der Waals surface area (Å²) < 4.78 is 5.67. The van der Waals surface area contributed by atoms with E-state index in [-0.39, 0.29) is 11.5 Å². The monoisotopic (exact) mass is 205 g/mol. The fourth-order valence-electron chi connectivity index (χ4n) is 1.95. The van der Waals surface area contributed by atoms with Gasteiger partial charge in [-0.3, -0.25) is 0 Å². The molecule has 0 saturated carbocycles. The van der Waals surface area contributed by atoms with Crippen LogP contribution < -0.4 is 10.5 Å². The zero-order chi connectivity index (χ0) is 11.1. The summed E-state index contributed by atoms with van der Waals surface area (Å²) >= 11 is 0. The number of fused-ring (bicyclic) bond motifs is 1. The second kappa shape index (κ2) is 3.53. The highest BCUT2D eigenvalue weighted by atomic mass is 16.5. The Morgan fingerprint density at radius 1 is 1.33 bits per heavy atom. The molecule has 1 aliphatic rings. The van der Waals surface area contributed by atoms with Crippen molar-refractivity contribution < 1.29 is 4.74 Å². The summed E-state index contributed by atoms with van der Waals surface area (Å²) in [6.45, 7) is 7.27. The van der Waals surface area contributed by atoms with Crippen molar-refractivity contribution in [1.29, 1.82) is 0 Å². The predicted molar refractivity (Wildman–Crippen MR) is 62.0 cm³/mol. The van der Waals surface area contributed by atoms with Crippen molar-refractivity contribution in [2.24, 2.45) is 11.1 Å². The Kier molecular flexibility index (Phi) is 2.47. The van der Waals surface area contributed by atoms with Gasteiger partial charge in [0.15, 0.2) is 0 Å². The summed E-state index contributed by atoms with van der Waals surface area (Å²) in [5.41, 5.74) is 8.78. The van der Waals surface area contributed by atoms with Crippen molar-refractivity contribution >= 4 is 0 Å². The Bertz CT molecular complexity index is 365. The van der Waals surface area contributed by atoms with Crippen LogP contribution in [0.4, 0.5) is 0 Å². The average Bonchev–Trinajstić information content (AvgIpc) is 2.62. The summed E-state index contributed by atoms with van der Waals surface area (Å²) in [7, 11) is 0. The molecule has 82 valence electrons. The molecule has 0 fully saturated rings. The van der Waals surface area contributed by atoms with Crippen LogP contribution in [0.3, 0.4) is 0 Å². The molecule has 0 amide bonds. The van der Waals surface area contributed by atoms with Gasteiger partial charge in [0.2, 0.25) is 0 Å². The van der Waals surface area contributed by atoms with E-state index in [1.807, 2.05) is 0 Å². The Morgan fingerprint density at radius 2 is 2.07 bits per heavy atom. The van der Waals surface area contributed by atoms with Crippen LogP contribution in [-0.2, 0) is 6.42 Å². The van der Waals surface area contributed by atoms with E-state index in [1.54, 1.807) is 0 Å². The van der Waals surface area contributed by atoms with Gasteiger partial charge >= 0.3 is 0 Å². The number of nitrogens with two attached hydrogens (primary N) is 1. The fraction of sp³-hybridized carbons (Fsp3) is 0.538. The van der Waals surface area contributed by atoms with Crippen molar-refractivity contribution in [3.05, 3.63) is 29.3 Å². The van der Waals surface area contributed by atoms with E-state index in [0.29, 0.717) is 0 Å². The molecule has 0 bridgehead atoms. The second-order valence-electron chi connectivity index (χ2n) is 5.28. The highest BCUT2D eigenvalue weighted by molar-refractivity contribution is 5.46. The average molecular weight is 205 g/mol. The van der Waals surface area contributed by atoms with Crippen LogP contribution in [0.2, 0.25) is 0 Å². The molecule has 0 radical (unpaired) electrons. The van der Waals surface area contributed by atoms with Crippen LogP contribution in [0.1, 0.15) is 37.9 Å². The normalized spacial score (nSPS) is 17.1. The molecule has 1 aliphatic heterocycles. The second-order valence-corrected chi connectivity index (χ2v) is 5.28. The maximum Gasteiger partial charge on any atom is 0.127 e. The lowest BCUT2D eigenvalue weighted by molar-refractivity contribution is 0.306. The summed E-state index contributed by atoms with van der Waals surface area (Å²) in [5, 5.41) is 0. The van der Waals surface area contributed by atoms with Crippen LogP contribution in [0, 0.1) is 5.41 Å². The van der Waals surface area contributed by atoms with Gasteiger partial charge in [-0.1, -0.05) is 39.0 Å². The molecule has 2 heteroatoms. The number of hydrogen-bond donors (Lipinski definition) is 1. The lowest BCUT2D eigenvalue weighted by Crippen LogP contribution is -2.26. The van der Waals surface area contributed by atoms with E-state index in [2.05, 4.69) is 39.0 Å². The van der Waals surface area contributed by atoms with E-state index in [0.717, 1.165) is 24.3 Å². The highest BCUT2D eigenvalue weighted by Gasteiger charge is 2.27. The Hall–Kier alpha value is -1.02. The van der Waals surface area contributed by atoms with Crippen molar-refractivity contribution in [3.8, 4) is 5.75 Å². The molecule has 0 spiro atoms. The molecule has 0 saturated heterocycles. The van der Waals surface area contributed by atoms with Crippen LogP contribution in [0.15, 0.2) is 18.2 Å². The molecule has 1 atom stereocenters. The van der Waals surface area contributed by atoms with Gasteiger partial charge in [-0.05, 0) is 11.0 Å². The van der Waals surface area contributed by atoms with E-state index in [4.69, 9.17) is 10.5 Å². The van der Waals surface area contributed by atoms with Gasteiger partial charge in [-0.25, -0.2) is 0 Å². The van der Waals surface area contributed by atoms with E-state index in [1.165, 1.54) is 5.56 Å². The van der Waals surface area contributed by atoms with Crippen molar-refractivity contribution in [1.82, 2.24) is 0 Å². The molecule has 0 aromatic heterocycles. The van der Waals surface area contributed by atoms with Gasteiger partial charge in [0, 0.05) is 18.0 Å². The molecule has 2 rings (SSSR count). The Morgan fingerprint density at radius 3 is 2.73 bits per heavy atom. The molecule has 2 nitrogen and oxygen atoms in total. The van der Waals surface area contributed by atoms with Crippen molar-refractivity contribution in [3.63, 3.8) is 0 Å². The first-order valence-corrected chi connectivity index (χ1v) is 5.50. The van der Waals surface area contributed by atoms with Crippen molar-refractivity contribution in [2.75, 3.05) is 6.61 Å². The standard InChI is InChI=1S/C13H19NO/c1-13(2,3)12(14)10-6-4-5-9-7-8-15-11(9)10/h4-6,12H,7-8,14H2,1-3H3. The molecule has 1 aromatic rings. The van der Waals surface area contributed by atoms with Crippen molar-refractivity contribution in [2.45, 2.75) is 33.2 Å². The first-order chi connectivity index (χ1) is 7.00. The maximum absolute atomic E-state index is 6.27. The molecule has 1 heterocycles. The zero-order valence-corrected chi connectivity index (χ0v) is 9.71. The van der Waals surface area contributed by atoms with Gasteiger partial charge in [0.05, 0.1) is 6.61 Å². The summed E-state index contributed by atoms with van der Waals surface area (Å²) in [6.07, 6.45) is 1.01. The largest absolute Gasteiger partial charge is 0.493 e. The number of ether oxygens (including phenoxy) is 1. The first-order valence-electron chi connectivity index (χ1n) is 5.50. The van der Waals surface area contributed by atoms with E-state index >= 15 is 0 Å². The molecular weight excluding hydrogens is 186 g/mol. The Balaban J connectivity index is 2.41. The zero-order valence-electron chi connectivity index (χ0n) is 9.71. The molecule has 0 aliphatic carbocycles. The maximum atomic E-state index is 6.27. The van der Waals surface area contributed by atoms with Crippen LogP contribution in [-0.4, -0.2) is 6.61 Å². The van der Waals surface area contributed by atoms with Gasteiger partial charge in [-0.15, -0.1) is 0 Å². The minimum Gasteiger partial charge on any atom is -0.493 e. The van der Waals surface area contributed by atoms with Gasteiger partial charge in [-0.2, -0.15) is 0 Å². The van der Waals surface area contributed by atoms with Crippen LogP contribution in [0.25, 0.3) is 0 Å². The van der Waals surface area contributed by atoms with Gasteiger partial charge < -0.3 is 10.5 Å². The van der Waals surface area contributed by atoms with Crippen LogP contribution in [0.5, 0.6) is 5.75 Å². The summed E-state index contributed by atoms with van der Waals surface area (Å²) in [5.74, 6) is 1.03. The minimum absolute atomic E-state index is 0.0329.